The Hall–Kier alpha value is -1.32. The molecule has 15 heavy (non-hydrogen) atoms. The highest BCUT2D eigenvalue weighted by atomic mass is 16.5. The lowest BCUT2D eigenvalue weighted by Gasteiger charge is -1.99. The number of carbonyl (C=O) groups is 2. The van der Waals surface area contributed by atoms with Crippen LogP contribution in [0.5, 0.6) is 0 Å². The zero-order chi connectivity index (χ0) is 11.5. The minimum atomic E-state index is -0.463. The van der Waals surface area contributed by atoms with Crippen LogP contribution in [0.2, 0.25) is 0 Å². The number of esters is 1. The number of nitrogens with one attached hydrogen (secondary N) is 1. The number of carbonyl (C=O) groups excluding carboxylic acids is 2. The largest absolute Gasteiger partial charge is 0.463 e. The molecule has 0 rings (SSSR count). The first-order valence-corrected chi connectivity index (χ1v) is 5.33. The Morgan fingerprint density at radius 1 is 1.20 bits per heavy atom. The van der Waals surface area contributed by atoms with E-state index in [4.69, 9.17) is 4.74 Å². The molecular weight excluding hydrogens is 194 g/mol. The van der Waals surface area contributed by atoms with Crippen LogP contribution < -0.4 is 5.32 Å². The first-order valence-electron chi connectivity index (χ1n) is 5.33. The Morgan fingerprint density at radius 2 is 1.93 bits per heavy atom. The Morgan fingerprint density at radius 3 is 2.53 bits per heavy atom. The summed E-state index contributed by atoms with van der Waals surface area (Å²) in [5.74, 6) is -0.723. The van der Waals surface area contributed by atoms with Gasteiger partial charge in [0.1, 0.15) is 0 Å². The van der Waals surface area contributed by atoms with Gasteiger partial charge in [-0.05, 0) is 12.8 Å². The molecule has 0 fully saturated rings. The van der Waals surface area contributed by atoms with Crippen molar-refractivity contribution in [3.8, 4) is 0 Å². The molecule has 4 nitrogen and oxygen atoms in total. The van der Waals surface area contributed by atoms with Crippen LogP contribution in [0.3, 0.4) is 0 Å². The van der Waals surface area contributed by atoms with Crippen LogP contribution in [-0.4, -0.2) is 25.0 Å². The third-order valence-electron chi connectivity index (χ3n) is 1.66. The fraction of sp³-hybridized carbons (Fsp3) is 0.636. The summed E-state index contributed by atoms with van der Waals surface area (Å²) in [5, 5.41) is 2.62. The second-order valence-corrected chi connectivity index (χ2v) is 3.15. The predicted octanol–water partition coefficient (Wildman–Crippen LogP) is 1.41. The average Bonchev–Trinajstić information content (AvgIpc) is 2.24. The molecule has 4 heteroatoms. The molecule has 86 valence electrons. The number of hydrogen-bond donors (Lipinski definition) is 1. The van der Waals surface area contributed by atoms with Gasteiger partial charge in [-0.3, -0.25) is 4.79 Å². The minimum absolute atomic E-state index is 0.260. The molecule has 0 aliphatic carbocycles. The molecule has 0 atom stereocenters. The van der Waals surface area contributed by atoms with Crippen molar-refractivity contribution in [3.05, 3.63) is 12.2 Å². The van der Waals surface area contributed by atoms with Gasteiger partial charge in [-0.1, -0.05) is 20.3 Å². The summed E-state index contributed by atoms with van der Waals surface area (Å²) in [4.78, 5) is 22.0. The van der Waals surface area contributed by atoms with E-state index >= 15 is 0 Å². The highest BCUT2D eigenvalue weighted by Gasteiger charge is 1.98. The van der Waals surface area contributed by atoms with Gasteiger partial charge in [-0.25, -0.2) is 4.79 Å². The topological polar surface area (TPSA) is 55.4 Å². The minimum Gasteiger partial charge on any atom is -0.463 e. The van der Waals surface area contributed by atoms with Crippen molar-refractivity contribution in [3.63, 3.8) is 0 Å². The summed E-state index contributed by atoms with van der Waals surface area (Å²) in [6, 6.07) is 0. The molecule has 0 aliphatic rings. The van der Waals surface area contributed by atoms with Crippen molar-refractivity contribution in [2.75, 3.05) is 13.2 Å². The van der Waals surface area contributed by atoms with Crippen LogP contribution in [-0.2, 0) is 14.3 Å². The van der Waals surface area contributed by atoms with E-state index in [1.165, 1.54) is 6.08 Å². The third kappa shape index (κ3) is 9.00. The van der Waals surface area contributed by atoms with Gasteiger partial charge in [0, 0.05) is 18.7 Å². The Bertz CT molecular complexity index is 224. The van der Waals surface area contributed by atoms with Crippen LogP contribution in [0.25, 0.3) is 0 Å². The van der Waals surface area contributed by atoms with Gasteiger partial charge in [0.15, 0.2) is 0 Å². The molecule has 0 saturated heterocycles. The maximum Gasteiger partial charge on any atom is 0.330 e. The number of amides is 1. The van der Waals surface area contributed by atoms with Crippen molar-refractivity contribution in [1.82, 2.24) is 5.32 Å². The predicted molar refractivity (Wildman–Crippen MR) is 58.3 cm³/mol. The highest BCUT2D eigenvalue weighted by Crippen LogP contribution is 1.89. The van der Waals surface area contributed by atoms with Crippen molar-refractivity contribution in [2.24, 2.45) is 0 Å². The molecular formula is C11H19NO3. The summed E-state index contributed by atoms with van der Waals surface area (Å²) < 4.78 is 4.83. The van der Waals surface area contributed by atoms with Crippen LogP contribution in [0, 0.1) is 0 Å². The maximum absolute atomic E-state index is 11.0. The van der Waals surface area contributed by atoms with Crippen LogP contribution in [0.1, 0.15) is 33.1 Å². The molecule has 0 heterocycles. The Kier molecular flexibility index (Phi) is 8.43. The molecule has 1 amide bonds. The zero-order valence-electron chi connectivity index (χ0n) is 9.41. The van der Waals surface area contributed by atoms with Crippen LogP contribution in [0.4, 0.5) is 0 Å². The smallest absolute Gasteiger partial charge is 0.330 e. The standard InChI is InChI=1S/C11H19NO3/c1-3-5-9-15-11(14)7-6-10(13)12-8-4-2/h6-7H,3-5,8-9H2,1-2H3,(H,12,13)/b7-6-. The summed E-state index contributed by atoms with van der Waals surface area (Å²) >= 11 is 0. The van der Waals surface area contributed by atoms with Crippen molar-refractivity contribution in [1.29, 1.82) is 0 Å². The van der Waals surface area contributed by atoms with Gasteiger partial charge < -0.3 is 10.1 Å². The Labute approximate surface area is 90.7 Å². The molecule has 0 unspecified atom stereocenters. The van der Waals surface area contributed by atoms with Gasteiger partial charge in [-0.15, -0.1) is 0 Å². The van der Waals surface area contributed by atoms with Gasteiger partial charge in [0.05, 0.1) is 6.61 Å². The third-order valence-corrected chi connectivity index (χ3v) is 1.66. The Balaban J connectivity index is 3.65. The highest BCUT2D eigenvalue weighted by molar-refractivity contribution is 5.94. The summed E-state index contributed by atoms with van der Waals surface area (Å²) in [7, 11) is 0. The van der Waals surface area contributed by atoms with Gasteiger partial charge in [0.2, 0.25) is 5.91 Å². The van der Waals surface area contributed by atoms with Crippen molar-refractivity contribution in [2.45, 2.75) is 33.1 Å². The number of ether oxygens (including phenoxy) is 1. The molecule has 0 spiro atoms. The van der Waals surface area contributed by atoms with Gasteiger partial charge in [0.25, 0.3) is 0 Å². The van der Waals surface area contributed by atoms with E-state index in [2.05, 4.69) is 5.32 Å². The summed E-state index contributed by atoms with van der Waals surface area (Å²) in [6.45, 7) is 5.01. The molecule has 0 aromatic carbocycles. The molecule has 0 radical (unpaired) electrons. The lowest BCUT2D eigenvalue weighted by molar-refractivity contribution is -0.138. The van der Waals surface area contributed by atoms with Crippen LogP contribution >= 0.6 is 0 Å². The number of hydrogen-bond acceptors (Lipinski definition) is 3. The first-order chi connectivity index (χ1) is 7.20. The van der Waals surface area contributed by atoms with Crippen molar-refractivity contribution < 1.29 is 14.3 Å². The molecule has 0 aromatic heterocycles. The van der Waals surface area contributed by atoms with Crippen molar-refractivity contribution >= 4 is 11.9 Å². The molecule has 1 N–H and O–H groups in total. The normalized spacial score (nSPS) is 10.3. The maximum atomic E-state index is 11.0. The fourth-order valence-corrected chi connectivity index (χ4v) is 0.816. The van der Waals surface area contributed by atoms with E-state index in [1.54, 1.807) is 0 Å². The molecule has 0 saturated carbocycles. The van der Waals surface area contributed by atoms with Gasteiger partial charge in [-0.2, -0.15) is 0 Å². The second kappa shape index (κ2) is 9.24. The fourth-order valence-electron chi connectivity index (χ4n) is 0.816. The van der Waals surface area contributed by atoms with E-state index in [0.29, 0.717) is 13.2 Å². The lowest BCUT2D eigenvalue weighted by atomic mass is 10.4. The zero-order valence-corrected chi connectivity index (χ0v) is 9.41. The lowest BCUT2D eigenvalue weighted by Crippen LogP contribution is -2.21. The average molecular weight is 213 g/mol. The van der Waals surface area contributed by atoms with E-state index in [9.17, 15) is 9.59 Å². The molecule has 0 aliphatic heterocycles. The number of rotatable bonds is 7. The summed E-state index contributed by atoms with van der Waals surface area (Å²) in [6.07, 6.45) is 5.06. The second-order valence-electron chi connectivity index (χ2n) is 3.15. The SMILES string of the molecule is CCCCOC(=O)/C=C\C(=O)NCCC. The van der Waals surface area contributed by atoms with E-state index < -0.39 is 5.97 Å². The van der Waals surface area contributed by atoms with Gasteiger partial charge >= 0.3 is 5.97 Å². The summed E-state index contributed by atoms with van der Waals surface area (Å²) in [5.41, 5.74) is 0. The monoisotopic (exact) mass is 213 g/mol. The van der Waals surface area contributed by atoms with E-state index in [1.807, 2.05) is 13.8 Å². The molecule has 0 aromatic rings. The van der Waals surface area contributed by atoms with Crippen LogP contribution in [0.15, 0.2) is 12.2 Å². The molecule has 0 bridgehead atoms. The number of unbranched alkanes of at least 4 members (excludes halogenated alkanes) is 1. The van der Waals surface area contributed by atoms with E-state index in [-0.39, 0.29) is 5.91 Å². The van der Waals surface area contributed by atoms with E-state index in [0.717, 1.165) is 25.3 Å². The first kappa shape index (κ1) is 13.7. The quantitative estimate of drug-likeness (QED) is 0.395.